The summed E-state index contributed by atoms with van der Waals surface area (Å²) in [4.78, 5) is 13.5. The molecule has 1 fully saturated rings. The zero-order valence-electron chi connectivity index (χ0n) is 23.9. The van der Waals surface area contributed by atoms with Gasteiger partial charge < -0.3 is 19.7 Å². The fourth-order valence-corrected chi connectivity index (χ4v) is 6.53. The number of anilines is 3. The van der Waals surface area contributed by atoms with Crippen molar-refractivity contribution in [3.05, 3.63) is 97.2 Å². The van der Waals surface area contributed by atoms with Crippen molar-refractivity contribution in [3.8, 4) is 11.3 Å². The lowest BCUT2D eigenvalue weighted by Gasteiger charge is -2.32. The van der Waals surface area contributed by atoms with Gasteiger partial charge in [-0.25, -0.2) is 22.8 Å². The third kappa shape index (κ3) is 6.69. The second-order valence-electron chi connectivity index (χ2n) is 10.8. The Morgan fingerprint density at radius 3 is 2.37 bits per heavy atom. The highest BCUT2D eigenvalue weighted by Crippen LogP contribution is 2.31. The molecule has 0 amide bonds. The Morgan fingerprint density at radius 2 is 1.58 bits per heavy atom. The van der Waals surface area contributed by atoms with Gasteiger partial charge in [0.15, 0.2) is 0 Å². The van der Waals surface area contributed by atoms with Crippen molar-refractivity contribution in [3.63, 3.8) is 0 Å². The fraction of sp³-hybridized carbons (Fsp3) is 0.250. The maximum Gasteiger partial charge on any atom is 0.264 e. The number of nitrogens with one attached hydrogen (secondary N) is 2. The highest BCUT2D eigenvalue weighted by atomic mass is 32.2. The van der Waals surface area contributed by atoms with E-state index in [1.165, 1.54) is 30.0 Å². The number of hydrogen-bond donors (Lipinski definition) is 2. The van der Waals surface area contributed by atoms with Gasteiger partial charge in [0.1, 0.15) is 22.9 Å². The monoisotopic (exact) mass is 599 g/mol. The largest absolute Gasteiger partial charge is 0.347 e. The molecule has 9 nitrogen and oxygen atoms in total. The molecule has 0 aliphatic carbocycles. The number of rotatable bonds is 10. The molecule has 43 heavy (non-hydrogen) atoms. The number of piperazine rings is 1. The van der Waals surface area contributed by atoms with Crippen molar-refractivity contribution in [1.29, 1.82) is 0 Å². The molecule has 1 aliphatic heterocycles. The van der Waals surface area contributed by atoms with Crippen molar-refractivity contribution in [2.45, 2.75) is 17.9 Å². The molecule has 0 unspecified atom stereocenters. The van der Waals surface area contributed by atoms with Crippen LogP contribution in [-0.4, -0.2) is 72.5 Å². The molecule has 0 atom stereocenters. The molecule has 0 saturated carbocycles. The van der Waals surface area contributed by atoms with Gasteiger partial charge >= 0.3 is 0 Å². The molecule has 1 saturated heterocycles. The lowest BCUT2D eigenvalue weighted by atomic mass is 10.1. The molecule has 0 radical (unpaired) electrons. The Bertz CT molecular complexity index is 1820. The van der Waals surface area contributed by atoms with Crippen LogP contribution in [0, 0.1) is 5.82 Å². The molecule has 2 N–H and O–H groups in total. The predicted octanol–water partition coefficient (Wildman–Crippen LogP) is 5.42. The van der Waals surface area contributed by atoms with Crippen molar-refractivity contribution in [2.24, 2.45) is 0 Å². The molecule has 0 spiro atoms. The average Bonchev–Trinajstić information content (AvgIpc) is 3.38. The van der Waals surface area contributed by atoms with E-state index in [0.717, 1.165) is 68.4 Å². The van der Waals surface area contributed by atoms with Crippen molar-refractivity contribution >= 4 is 38.1 Å². The molecule has 1 aliphatic rings. The lowest BCUT2D eigenvalue weighted by molar-refractivity contribution is 0.151. The summed E-state index contributed by atoms with van der Waals surface area (Å²) in [5.74, 6) is -0.196. The van der Waals surface area contributed by atoms with Crippen molar-refractivity contribution in [1.82, 2.24) is 24.3 Å². The van der Waals surface area contributed by atoms with Gasteiger partial charge in [0, 0.05) is 72.8 Å². The highest BCUT2D eigenvalue weighted by molar-refractivity contribution is 7.92. The van der Waals surface area contributed by atoms with Gasteiger partial charge in [0.2, 0.25) is 0 Å². The van der Waals surface area contributed by atoms with E-state index in [2.05, 4.69) is 65.8 Å². The number of aromatic nitrogens is 3. The first kappa shape index (κ1) is 28.8. The Hall–Kier alpha value is -4.32. The molecule has 2 aromatic heterocycles. The summed E-state index contributed by atoms with van der Waals surface area (Å²) in [6.45, 7) is 6.50. The van der Waals surface area contributed by atoms with Gasteiger partial charge in [-0.05, 0) is 62.5 Å². The van der Waals surface area contributed by atoms with Gasteiger partial charge in [0.25, 0.3) is 10.0 Å². The summed E-state index contributed by atoms with van der Waals surface area (Å²) in [7, 11) is -1.87. The maximum atomic E-state index is 14.0. The van der Waals surface area contributed by atoms with E-state index >= 15 is 0 Å². The van der Waals surface area contributed by atoms with Crippen LogP contribution in [0.15, 0.2) is 96.3 Å². The Labute approximate surface area is 251 Å². The van der Waals surface area contributed by atoms with E-state index in [0.29, 0.717) is 17.2 Å². The first-order valence-electron chi connectivity index (χ1n) is 14.3. The summed E-state index contributed by atoms with van der Waals surface area (Å²) in [6, 6.07) is 22.2. The first-order chi connectivity index (χ1) is 20.9. The van der Waals surface area contributed by atoms with Crippen LogP contribution in [-0.2, 0) is 16.6 Å². The van der Waals surface area contributed by atoms with E-state index < -0.39 is 20.7 Å². The quantitative estimate of drug-likeness (QED) is 0.221. The standard InChI is InChI=1S/C32H34FN7O2S/c1-38-17-19-39(20-18-38)15-6-16-40-22-27(26-7-2-4-9-30(26)40)29-21-32(35-23-34-29)36-24-11-13-25(14-12-24)37-43(41,42)31-10-5-3-8-28(31)33/h2-5,7-14,21-23,37H,6,15-20H2,1H3,(H,34,35,36). The summed E-state index contributed by atoms with van der Waals surface area (Å²) in [5, 5.41) is 4.41. The molecule has 222 valence electrons. The summed E-state index contributed by atoms with van der Waals surface area (Å²) >= 11 is 0. The molecule has 3 aromatic carbocycles. The Kier molecular flexibility index (Phi) is 8.37. The number of likely N-dealkylation sites (N-methyl/N-ethyl adjacent to an activating group) is 1. The zero-order chi connectivity index (χ0) is 29.8. The third-order valence-corrected chi connectivity index (χ3v) is 9.15. The van der Waals surface area contributed by atoms with Gasteiger partial charge in [-0.2, -0.15) is 0 Å². The molecule has 0 bridgehead atoms. The van der Waals surface area contributed by atoms with Crippen LogP contribution >= 0.6 is 0 Å². The lowest BCUT2D eigenvalue weighted by Crippen LogP contribution is -2.44. The minimum atomic E-state index is -4.05. The van der Waals surface area contributed by atoms with Crippen LogP contribution in [0.25, 0.3) is 22.2 Å². The SMILES string of the molecule is CN1CCN(CCCn2cc(-c3cc(Nc4ccc(NS(=O)(=O)c5ccccc5F)cc4)ncn3)c3ccccc32)CC1. The van der Waals surface area contributed by atoms with Gasteiger partial charge in [-0.15, -0.1) is 0 Å². The second kappa shape index (κ2) is 12.5. The summed E-state index contributed by atoms with van der Waals surface area (Å²) in [5.41, 5.74) is 4.05. The van der Waals surface area contributed by atoms with Crippen LogP contribution in [0.2, 0.25) is 0 Å². The normalized spacial score (nSPS) is 14.7. The number of nitrogens with zero attached hydrogens (tertiary/aromatic N) is 5. The number of para-hydroxylation sites is 1. The molecule has 11 heteroatoms. The van der Waals surface area contributed by atoms with E-state index in [-0.39, 0.29) is 0 Å². The van der Waals surface area contributed by atoms with E-state index in [4.69, 9.17) is 0 Å². The van der Waals surface area contributed by atoms with E-state index in [9.17, 15) is 12.8 Å². The Morgan fingerprint density at radius 1 is 0.860 bits per heavy atom. The topological polar surface area (TPSA) is 95.4 Å². The maximum absolute atomic E-state index is 14.0. The minimum absolute atomic E-state index is 0.317. The molecular formula is C32H34FN7O2S. The fourth-order valence-electron chi connectivity index (χ4n) is 5.39. The van der Waals surface area contributed by atoms with Gasteiger partial charge in [0.05, 0.1) is 5.69 Å². The van der Waals surface area contributed by atoms with Gasteiger partial charge in [-0.1, -0.05) is 30.3 Å². The number of sulfonamides is 1. The zero-order valence-corrected chi connectivity index (χ0v) is 24.8. The second-order valence-corrected chi connectivity index (χ2v) is 12.4. The van der Waals surface area contributed by atoms with Crippen molar-refractivity contribution < 1.29 is 12.8 Å². The average molecular weight is 600 g/mol. The minimum Gasteiger partial charge on any atom is -0.347 e. The number of aryl methyl sites for hydroxylation is 1. The van der Waals surface area contributed by atoms with E-state index in [1.54, 1.807) is 24.3 Å². The molecular weight excluding hydrogens is 565 g/mol. The van der Waals surface area contributed by atoms with Crippen LogP contribution in [0.5, 0.6) is 0 Å². The predicted molar refractivity (Wildman–Crippen MR) is 168 cm³/mol. The van der Waals surface area contributed by atoms with Crippen LogP contribution in [0.4, 0.5) is 21.6 Å². The van der Waals surface area contributed by atoms with Crippen molar-refractivity contribution in [2.75, 3.05) is 49.8 Å². The smallest absolute Gasteiger partial charge is 0.264 e. The van der Waals surface area contributed by atoms with Gasteiger partial charge in [-0.3, -0.25) is 4.72 Å². The third-order valence-electron chi connectivity index (χ3n) is 7.74. The summed E-state index contributed by atoms with van der Waals surface area (Å²) < 4.78 is 44.0. The van der Waals surface area contributed by atoms with Crippen LogP contribution < -0.4 is 10.0 Å². The highest BCUT2D eigenvalue weighted by Gasteiger charge is 2.19. The number of hydrogen-bond acceptors (Lipinski definition) is 7. The number of fused-ring (bicyclic) bond motifs is 1. The number of benzene rings is 3. The molecule has 5 aromatic rings. The number of halogens is 1. The molecule has 3 heterocycles. The van der Waals surface area contributed by atoms with Crippen LogP contribution in [0.3, 0.4) is 0 Å². The molecule has 6 rings (SSSR count). The Balaban J connectivity index is 1.15. The summed E-state index contributed by atoms with van der Waals surface area (Å²) in [6.07, 6.45) is 4.79. The van der Waals surface area contributed by atoms with E-state index in [1.807, 2.05) is 12.1 Å². The van der Waals surface area contributed by atoms with Crippen LogP contribution in [0.1, 0.15) is 6.42 Å². The first-order valence-corrected chi connectivity index (χ1v) is 15.8.